The first-order chi connectivity index (χ1) is 15.6. The molecule has 32 heavy (non-hydrogen) atoms. The van der Waals surface area contributed by atoms with E-state index in [4.69, 9.17) is 9.47 Å². The largest absolute Gasteiger partial charge is 0.490 e. The second-order valence-electron chi connectivity index (χ2n) is 8.38. The lowest BCUT2D eigenvalue weighted by Gasteiger charge is -2.24. The standard InChI is InChI=1S/C27H30N2O3/c1-19(2)26(22-13-14-24-25(17-22)32-16-6-15-31-24)28-18-20-9-11-21(12-10-20)27(30)29-23-7-4-3-5-8-23/h3-5,7-14,17,19,26,28H,6,15-16,18H2,1-2H3,(H,29,30)/t26-/m0/s1. The molecule has 166 valence electrons. The maximum Gasteiger partial charge on any atom is 0.255 e. The third kappa shape index (κ3) is 5.48. The van der Waals surface area contributed by atoms with Crippen molar-refractivity contribution in [2.75, 3.05) is 18.5 Å². The Morgan fingerprint density at radius 3 is 2.34 bits per heavy atom. The molecule has 0 spiro atoms. The van der Waals surface area contributed by atoms with Gasteiger partial charge in [-0.3, -0.25) is 4.79 Å². The van der Waals surface area contributed by atoms with Crippen molar-refractivity contribution in [1.82, 2.24) is 5.32 Å². The van der Waals surface area contributed by atoms with Crippen molar-refractivity contribution in [1.29, 1.82) is 0 Å². The van der Waals surface area contributed by atoms with Gasteiger partial charge in [0.2, 0.25) is 0 Å². The van der Waals surface area contributed by atoms with Crippen molar-refractivity contribution < 1.29 is 14.3 Å². The van der Waals surface area contributed by atoms with Crippen molar-refractivity contribution in [2.45, 2.75) is 32.9 Å². The Labute approximate surface area is 189 Å². The Kier molecular flexibility index (Phi) is 7.07. The van der Waals surface area contributed by atoms with Gasteiger partial charge in [0.15, 0.2) is 11.5 Å². The highest BCUT2D eigenvalue weighted by Crippen LogP contribution is 2.34. The monoisotopic (exact) mass is 430 g/mol. The third-order valence-corrected chi connectivity index (χ3v) is 5.57. The van der Waals surface area contributed by atoms with E-state index in [0.717, 1.165) is 29.2 Å². The molecule has 2 N–H and O–H groups in total. The van der Waals surface area contributed by atoms with Crippen LogP contribution < -0.4 is 20.1 Å². The Bertz CT molecular complexity index is 1030. The minimum atomic E-state index is -0.108. The van der Waals surface area contributed by atoms with Crippen molar-refractivity contribution in [2.24, 2.45) is 5.92 Å². The van der Waals surface area contributed by atoms with Gasteiger partial charge in [0.05, 0.1) is 13.2 Å². The molecule has 1 aliphatic rings. The summed E-state index contributed by atoms with van der Waals surface area (Å²) in [5.41, 5.74) is 3.74. The number of para-hydroxylation sites is 1. The molecule has 0 fully saturated rings. The molecular weight excluding hydrogens is 400 g/mol. The van der Waals surface area contributed by atoms with Gasteiger partial charge in [0.25, 0.3) is 5.91 Å². The highest BCUT2D eigenvalue weighted by atomic mass is 16.5. The molecule has 1 aliphatic heterocycles. The first kappa shape index (κ1) is 21.9. The number of nitrogens with one attached hydrogen (secondary N) is 2. The fourth-order valence-corrected chi connectivity index (χ4v) is 3.84. The first-order valence-corrected chi connectivity index (χ1v) is 11.2. The predicted molar refractivity (Wildman–Crippen MR) is 127 cm³/mol. The highest BCUT2D eigenvalue weighted by molar-refractivity contribution is 6.04. The molecule has 1 heterocycles. The zero-order valence-corrected chi connectivity index (χ0v) is 18.6. The molecule has 3 aromatic carbocycles. The van der Waals surface area contributed by atoms with Crippen molar-refractivity contribution in [3.05, 3.63) is 89.5 Å². The number of hydrogen-bond acceptors (Lipinski definition) is 4. The molecule has 5 nitrogen and oxygen atoms in total. The summed E-state index contributed by atoms with van der Waals surface area (Å²) in [4.78, 5) is 12.5. The van der Waals surface area contributed by atoms with Gasteiger partial charge in [-0.2, -0.15) is 0 Å². The third-order valence-electron chi connectivity index (χ3n) is 5.57. The summed E-state index contributed by atoms with van der Waals surface area (Å²) in [6.45, 7) is 6.49. The lowest BCUT2D eigenvalue weighted by Crippen LogP contribution is -2.25. The van der Waals surface area contributed by atoms with Crippen LogP contribution in [0.15, 0.2) is 72.8 Å². The van der Waals surface area contributed by atoms with Gasteiger partial charge in [-0.15, -0.1) is 0 Å². The molecule has 4 rings (SSSR count). The molecule has 1 atom stereocenters. The number of fused-ring (bicyclic) bond motifs is 1. The van der Waals surface area contributed by atoms with Crippen LogP contribution in [-0.4, -0.2) is 19.1 Å². The normalized spacial score (nSPS) is 14.0. The van der Waals surface area contributed by atoms with Crippen LogP contribution in [0, 0.1) is 5.92 Å². The van der Waals surface area contributed by atoms with Crippen LogP contribution in [0.5, 0.6) is 11.5 Å². The van der Waals surface area contributed by atoms with E-state index in [1.165, 1.54) is 5.56 Å². The maximum absolute atomic E-state index is 12.5. The average molecular weight is 431 g/mol. The average Bonchev–Trinajstić information content (AvgIpc) is 3.05. The number of hydrogen-bond donors (Lipinski definition) is 2. The molecule has 0 bridgehead atoms. The Hall–Kier alpha value is -3.31. The quantitative estimate of drug-likeness (QED) is 0.513. The van der Waals surface area contributed by atoms with E-state index >= 15 is 0 Å². The van der Waals surface area contributed by atoms with Crippen LogP contribution >= 0.6 is 0 Å². The zero-order chi connectivity index (χ0) is 22.3. The summed E-state index contributed by atoms with van der Waals surface area (Å²) >= 11 is 0. The lowest BCUT2D eigenvalue weighted by atomic mass is 9.95. The number of ether oxygens (including phenoxy) is 2. The molecule has 0 radical (unpaired) electrons. The van der Waals surface area contributed by atoms with E-state index in [1.807, 2.05) is 60.7 Å². The summed E-state index contributed by atoms with van der Waals surface area (Å²) in [6, 6.07) is 23.6. The summed E-state index contributed by atoms with van der Waals surface area (Å²) in [5, 5.41) is 6.58. The molecule has 0 aliphatic carbocycles. The minimum absolute atomic E-state index is 0.108. The molecule has 3 aromatic rings. The second kappa shape index (κ2) is 10.3. The second-order valence-corrected chi connectivity index (χ2v) is 8.38. The Morgan fingerprint density at radius 2 is 1.62 bits per heavy atom. The summed E-state index contributed by atoms with van der Waals surface area (Å²) in [7, 11) is 0. The number of carbonyl (C=O) groups is 1. The van der Waals surface area contributed by atoms with E-state index < -0.39 is 0 Å². The molecule has 0 unspecified atom stereocenters. The van der Waals surface area contributed by atoms with Crippen molar-refractivity contribution >= 4 is 11.6 Å². The van der Waals surface area contributed by atoms with Gasteiger partial charge in [-0.25, -0.2) is 0 Å². The molecule has 5 heteroatoms. The number of rotatable bonds is 7. The topological polar surface area (TPSA) is 59.6 Å². The fourth-order valence-electron chi connectivity index (χ4n) is 3.84. The van der Waals surface area contributed by atoms with E-state index in [0.29, 0.717) is 31.2 Å². The van der Waals surface area contributed by atoms with Gasteiger partial charge in [0, 0.05) is 30.3 Å². The van der Waals surface area contributed by atoms with Crippen LogP contribution in [-0.2, 0) is 6.54 Å². The van der Waals surface area contributed by atoms with Crippen molar-refractivity contribution in [3.8, 4) is 11.5 Å². The van der Waals surface area contributed by atoms with E-state index in [9.17, 15) is 4.79 Å². The van der Waals surface area contributed by atoms with E-state index in [-0.39, 0.29) is 11.9 Å². The van der Waals surface area contributed by atoms with Gasteiger partial charge in [0.1, 0.15) is 0 Å². The number of carbonyl (C=O) groups excluding carboxylic acids is 1. The smallest absolute Gasteiger partial charge is 0.255 e. The van der Waals surface area contributed by atoms with Crippen LogP contribution in [0.25, 0.3) is 0 Å². The predicted octanol–water partition coefficient (Wildman–Crippen LogP) is 5.59. The van der Waals surface area contributed by atoms with Crippen LogP contribution in [0.1, 0.15) is 47.8 Å². The molecule has 0 saturated heterocycles. The maximum atomic E-state index is 12.5. The molecule has 0 aromatic heterocycles. The highest BCUT2D eigenvalue weighted by Gasteiger charge is 2.19. The molecule has 1 amide bonds. The number of amides is 1. The zero-order valence-electron chi connectivity index (χ0n) is 18.6. The number of anilines is 1. The fraction of sp³-hybridized carbons (Fsp3) is 0.296. The number of benzene rings is 3. The van der Waals surface area contributed by atoms with E-state index in [1.54, 1.807) is 0 Å². The summed E-state index contributed by atoms with van der Waals surface area (Å²) in [6.07, 6.45) is 0.898. The van der Waals surface area contributed by atoms with Crippen molar-refractivity contribution in [3.63, 3.8) is 0 Å². The van der Waals surface area contributed by atoms with Gasteiger partial charge in [-0.1, -0.05) is 50.2 Å². The SMILES string of the molecule is CC(C)[C@H](NCc1ccc(C(=O)Nc2ccccc2)cc1)c1ccc2c(c1)OCCCO2. The van der Waals surface area contributed by atoms with Gasteiger partial charge >= 0.3 is 0 Å². The van der Waals surface area contributed by atoms with Gasteiger partial charge < -0.3 is 20.1 Å². The minimum Gasteiger partial charge on any atom is -0.490 e. The molecule has 0 saturated carbocycles. The summed E-state index contributed by atoms with van der Waals surface area (Å²) in [5.74, 6) is 1.93. The van der Waals surface area contributed by atoms with Crippen LogP contribution in [0.4, 0.5) is 5.69 Å². The first-order valence-electron chi connectivity index (χ1n) is 11.2. The van der Waals surface area contributed by atoms with E-state index in [2.05, 4.69) is 36.6 Å². The molecular formula is C27H30N2O3. The van der Waals surface area contributed by atoms with Gasteiger partial charge in [-0.05, 0) is 53.4 Å². The summed E-state index contributed by atoms with van der Waals surface area (Å²) < 4.78 is 11.6. The van der Waals surface area contributed by atoms with Crippen LogP contribution in [0.2, 0.25) is 0 Å². The van der Waals surface area contributed by atoms with Crippen LogP contribution in [0.3, 0.4) is 0 Å². The Morgan fingerprint density at radius 1 is 0.906 bits per heavy atom. The Balaban J connectivity index is 1.40. The lowest BCUT2D eigenvalue weighted by molar-refractivity contribution is 0.102.